The molecule has 0 radical (unpaired) electrons. The van der Waals surface area contributed by atoms with Crippen molar-refractivity contribution in [2.24, 2.45) is 11.7 Å². The summed E-state index contributed by atoms with van der Waals surface area (Å²) in [4.78, 5) is 12.7. The molecule has 0 aliphatic rings. The Balaban J connectivity index is 2.40. The lowest BCUT2D eigenvalue weighted by molar-refractivity contribution is -0.124. The normalized spacial score (nSPS) is 12.5. The van der Waals surface area contributed by atoms with E-state index < -0.39 is 0 Å². The van der Waals surface area contributed by atoms with Crippen LogP contribution in [0, 0.1) is 5.92 Å². The van der Waals surface area contributed by atoms with E-state index in [9.17, 15) is 4.79 Å². The number of hydrogen-bond acceptors (Lipinski definition) is 3. The minimum absolute atomic E-state index is 0.0459. The maximum atomic E-state index is 11.6. The number of thiophene rings is 1. The molecule has 3 nitrogen and oxygen atoms in total. The predicted molar refractivity (Wildman–Crippen MR) is 66.7 cm³/mol. The second kappa shape index (κ2) is 6.25. The highest BCUT2D eigenvalue weighted by molar-refractivity contribution is 9.11. The third-order valence-corrected chi connectivity index (χ3v) is 3.84. The molecule has 1 rings (SSSR count). The summed E-state index contributed by atoms with van der Waals surface area (Å²) in [5, 5.41) is 2.88. The van der Waals surface area contributed by atoms with E-state index in [0.717, 1.165) is 15.1 Å². The van der Waals surface area contributed by atoms with Crippen LogP contribution in [-0.2, 0) is 11.3 Å². The molecule has 1 amide bonds. The fourth-order valence-electron chi connectivity index (χ4n) is 1.22. The topological polar surface area (TPSA) is 55.1 Å². The summed E-state index contributed by atoms with van der Waals surface area (Å²) in [5.74, 6) is -0.0158. The maximum Gasteiger partial charge on any atom is 0.224 e. The highest BCUT2D eigenvalue weighted by Gasteiger charge is 2.13. The van der Waals surface area contributed by atoms with Crippen molar-refractivity contribution in [1.29, 1.82) is 0 Å². The number of nitrogens with two attached hydrogens (primary N) is 1. The number of rotatable bonds is 5. The molecule has 3 N–H and O–H groups in total. The van der Waals surface area contributed by atoms with Crippen molar-refractivity contribution in [3.8, 4) is 0 Å². The molecule has 15 heavy (non-hydrogen) atoms. The van der Waals surface area contributed by atoms with Crippen LogP contribution in [0.5, 0.6) is 0 Å². The van der Waals surface area contributed by atoms with Crippen LogP contribution in [0.2, 0.25) is 0 Å². The molecule has 0 aliphatic heterocycles. The summed E-state index contributed by atoms with van der Waals surface area (Å²) in [6.45, 7) is 2.97. The molecule has 1 aromatic rings. The van der Waals surface area contributed by atoms with Crippen LogP contribution < -0.4 is 11.1 Å². The SMILES string of the molecule is CCC(CN)C(=O)NCc1ccc(Br)s1. The van der Waals surface area contributed by atoms with Crippen LogP contribution in [-0.4, -0.2) is 12.5 Å². The van der Waals surface area contributed by atoms with Crippen LogP contribution in [0.25, 0.3) is 0 Å². The summed E-state index contributed by atoms with van der Waals surface area (Å²) in [7, 11) is 0. The average Bonchev–Trinajstić information content (AvgIpc) is 2.63. The minimum atomic E-state index is -0.0617. The molecule has 0 bridgehead atoms. The Morgan fingerprint density at radius 2 is 2.40 bits per heavy atom. The molecule has 0 spiro atoms. The first-order valence-corrected chi connectivity index (χ1v) is 6.50. The zero-order chi connectivity index (χ0) is 11.3. The van der Waals surface area contributed by atoms with Gasteiger partial charge in [-0.25, -0.2) is 0 Å². The molecule has 5 heteroatoms. The standard InChI is InChI=1S/C10H15BrN2OS/c1-2-7(5-12)10(14)13-6-8-3-4-9(11)15-8/h3-4,7H,2,5-6,12H2,1H3,(H,13,14). The van der Waals surface area contributed by atoms with Crippen molar-refractivity contribution >= 4 is 33.2 Å². The first kappa shape index (κ1) is 12.7. The first-order valence-electron chi connectivity index (χ1n) is 4.89. The van der Waals surface area contributed by atoms with Gasteiger partial charge >= 0.3 is 0 Å². The maximum absolute atomic E-state index is 11.6. The summed E-state index contributed by atoms with van der Waals surface area (Å²) >= 11 is 5.01. The van der Waals surface area contributed by atoms with Crippen molar-refractivity contribution < 1.29 is 4.79 Å². The lowest BCUT2D eigenvalue weighted by Gasteiger charge is -2.11. The lowest BCUT2D eigenvalue weighted by Crippen LogP contribution is -2.34. The highest BCUT2D eigenvalue weighted by Crippen LogP contribution is 2.21. The van der Waals surface area contributed by atoms with E-state index in [2.05, 4.69) is 21.2 Å². The number of halogens is 1. The predicted octanol–water partition coefficient (Wildman–Crippen LogP) is 2.11. The van der Waals surface area contributed by atoms with Crippen LogP contribution in [0.1, 0.15) is 18.2 Å². The van der Waals surface area contributed by atoms with E-state index in [4.69, 9.17) is 5.73 Å². The number of carbonyl (C=O) groups is 1. The largest absolute Gasteiger partial charge is 0.351 e. The smallest absolute Gasteiger partial charge is 0.224 e. The van der Waals surface area contributed by atoms with Gasteiger partial charge in [-0.1, -0.05) is 6.92 Å². The second-order valence-corrected chi connectivity index (χ2v) is 5.81. The Bertz CT molecular complexity index is 323. The van der Waals surface area contributed by atoms with E-state index >= 15 is 0 Å². The summed E-state index contributed by atoms with van der Waals surface area (Å²) < 4.78 is 1.08. The Morgan fingerprint density at radius 1 is 1.67 bits per heavy atom. The van der Waals surface area contributed by atoms with Crippen molar-refractivity contribution in [3.63, 3.8) is 0 Å². The lowest BCUT2D eigenvalue weighted by atomic mass is 10.1. The molecule has 0 saturated heterocycles. The molecule has 1 aromatic heterocycles. The zero-order valence-corrected chi connectivity index (χ0v) is 11.0. The number of amides is 1. The van der Waals surface area contributed by atoms with Crippen molar-refractivity contribution in [3.05, 3.63) is 20.8 Å². The van der Waals surface area contributed by atoms with Crippen molar-refractivity contribution in [1.82, 2.24) is 5.32 Å². The van der Waals surface area contributed by atoms with Gasteiger partial charge in [-0.05, 0) is 34.5 Å². The Labute approximate surface area is 102 Å². The molecule has 1 unspecified atom stereocenters. The third kappa shape index (κ3) is 3.93. The second-order valence-electron chi connectivity index (χ2n) is 3.26. The van der Waals surface area contributed by atoms with E-state index in [1.165, 1.54) is 0 Å². The van der Waals surface area contributed by atoms with Gasteiger partial charge in [-0.2, -0.15) is 0 Å². The van der Waals surface area contributed by atoms with E-state index in [1.807, 2.05) is 19.1 Å². The van der Waals surface area contributed by atoms with E-state index in [0.29, 0.717) is 13.1 Å². The molecular weight excluding hydrogens is 276 g/mol. The highest BCUT2D eigenvalue weighted by atomic mass is 79.9. The summed E-state index contributed by atoms with van der Waals surface area (Å²) in [6.07, 6.45) is 0.788. The summed E-state index contributed by atoms with van der Waals surface area (Å²) in [6, 6.07) is 3.98. The van der Waals surface area contributed by atoms with Gasteiger partial charge in [-0.15, -0.1) is 11.3 Å². The van der Waals surface area contributed by atoms with Crippen molar-refractivity contribution in [2.45, 2.75) is 19.9 Å². The quantitative estimate of drug-likeness (QED) is 0.873. The Morgan fingerprint density at radius 3 is 2.87 bits per heavy atom. The monoisotopic (exact) mass is 290 g/mol. The number of hydrogen-bond donors (Lipinski definition) is 2. The third-order valence-electron chi connectivity index (χ3n) is 2.21. The van der Waals surface area contributed by atoms with E-state index in [-0.39, 0.29) is 11.8 Å². The average molecular weight is 291 g/mol. The van der Waals surface area contributed by atoms with Crippen molar-refractivity contribution in [2.75, 3.05) is 6.54 Å². The van der Waals surface area contributed by atoms with Gasteiger partial charge in [0.2, 0.25) is 5.91 Å². The van der Waals surface area contributed by atoms with Crippen LogP contribution in [0.15, 0.2) is 15.9 Å². The van der Waals surface area contributed by atoms with Gasteiger partial charge in [-0.3, -0.25) is 4.79 Å². The van der Waals surface area contributed by atoms with Crippen LogP contribution in [0.4, 0.5) is 0 Å². The molecule has 1 heterocycles. The Hall–Kier alpha value is -0.390. The molecule has 84 valence electrons. The minimum Gasteiger partial charge on any atom is -0.351 e. The van der Waals surface area contributed by atoms with Gasteiger partial charge < -0.3 is 11.1 Å². The molecule has 0 aliphatic carbocycles. The fourth-order valence-corrected chi connectivity index (χ4v) is 2.65. The molecule has 0 saturated carbocycles. The Kier molecular flexibility index (Phi) is 5.28. The fraction of sp³-hybridized carbons (Fsp3) is 0.500. The van der Waals surface area contributed by atoms with E-state index in [1.54, 1.807) is 11.3 Å². The van der Waals surface area contributed by atoms with Crippen LogP contribution >= 0.6 is 27.3 Å². The molecule has 0 aromatic carbocycles. The molecule has 1 atom stereocenters. The summed E-state index contributed by atoms with van der Waals surface area (Å²) in [5.41, 5.74) is 5.49. The van der Waals surface area contributed by atoms with Gasteiger partial charge in [0.1, 0.15) is 0 Å². The molecule has 0 fully saturated rings. The first-order chi connectivity index (χ1) is 7.17. The van der Waals surface area contributed by atoms with Gasteiger partial charge in [0.25, 0.3) is 0 Å². The van der Waals surface area contributed by atoms with Gasteiger partial charge in [0.15, 0.2) is 0 Å². The van der Waals surface area contributed by atoms with Crippen LogP contribution in [0.3, 0.4) is 0 Å². The zero-order valence-electron chi connectivity index (χ0n) is 8.63. The number of carbonyl (C=O) groups excluding carboxylic acids is 1. The molecular formula is C10H15BrN2OS. The van der Waals surface area contributed by atoms with Gasteiger partial charge in [0, 0.05) is 17.3 Å². The number of nitrogens with one attached hydrogen (secondary N) is 1. The van der Waals surface area contributed by atoms with Gasteiger partial charge in [0.05, 0.1) is 10.3 Å².